The Bertz CT molecular complexity index is 393. The quantitative estimate of drug-likeness (QED) is 0.798. The Morgan fingerprint density at radius 1 is 1.33 bits per heavy atom. The van der Waals surface area contributed by atoms with Crippen molar-refractivity contribution in [2.75, 3.05) is 5.32 Å². The SMILES string of the molecule is CCC(C)NC(=S)Nc1cccc(OC(C)C)c1. The van der Waals surface area contributed by atoms with E-state index in [2.05, 4.69) is 24.5 Å². The molecule has 18 heavy (non-hydrogen) atoms. The van der Waals surface area contributed by atoms with Gasteiger partial charge in [-0.05, 0) is 51.5 Å². The van der Waals surface area contributed by atoms with Gasteiger partial charge in [-0.1, -0.05) is 13.0 Å². The molecule has 0 aliphatic heterocycles. The van der Waals surface area contributed by atoms with Crippen LogP contribution < -0.4 is 15.4 Å². The van der Waals surface area contributed by atoms with Crippen LogP contribution in [-0.4, -0.2) is 17.3 Å². The molecule has 1 unspecified atom stereocenters. The van der Waals surface area contributed by atoms with Gasteiger partial charge < -0.3 is 15.4 Å². The summed E-state index contributed by atoms with van der Waals surface area (Å²) in [6, 6.07) is 8.19. The second-order valence-corrected chi connectivity index (χ2v) is 5.01. The van der Waals surface area contributed by atoms with Crippen LogP contribution in [0.15, 0.2) is 24.3 Å². The van der Waals surface area contributed by atoms with Gasteiger partial charge in [0.15, 0.2) is 5.11 Å². The number of hydrogen-bond donors (Lipinski definition) is 2. The molecule has 1 rings (SSSR count). The average molecular weight is 266 g/mol. The second-order valence-electron chi connectivity index (χ2n) is 4.60. The molecular formula is C14H22N2OS. The third-order valence-electron chi connectivity index (χ3n) is 2.45. The average Bonchev–Trinajstić information content (AvgIpc) is 2.28. The Hall–Kier alpha value is -1.29. The number of benzene rings is 1. The van der Waals surface area contributed by atoms with Gasteiger partial charge in [0.2, 0.25) is 0 Å². The van der Waals surface area contributed by atoms with Crippen molar-refractivity contribution in [3.63, 3.8) is 0 Å². The molecule has 0 saturated heterocycles. The van der Waals surface area contributed by atoms with Gasteiger partial charge in [0.25, 0.3) is 0 Å². The lowest BCUT2D eigenvalue weighted by molar-refractivity contribution is 0.242. The van der Waals surface area contributed by atoms with Gasteiger partial charge in [-0.2, -0.15) is 0 Å². The molecule has 0 saturated carbocycles. The monoisotopic (exact) mass is 266 g/mol. The number of ether oxygens (including phenoxy) is 1. The molecule has 1 atom stereocenters. The van der Waals surface area contributed by atoms with Crippen LogP contribution in [-0.2, 0) is 0 Å². The fourth-order valence-electron chi connectivity index (χ4n) is 1.41. The molecule has 0 fully saturated rings. The molecule has 0 amide bonds. The van der Waals surface area contributed by atoms with E-state index in [1.54, 1.807) is 0 Å². The first-order valence-electron chi connectivity index (χ1n) is 6.35. The molecule has 2 N–H and O–H groups in total. The van der Waals surface area contributed by atoms with Crippen molar-refractivity contribution in [2.24, 2.45) is 0 Å². The summed E-state index contributed by atoms with van der Waals surface area (Å²) in [7, 11) is 0. The zero-order valence-corrected chi connectivity index (χ0v) is 12.3. The lowest BCUT2D eigenvalue weighted by Gasteiger charge is -2.16. The fourth-order valence-corrected chi connectivity index (χ4v) is 1.73. The number of hydrogen-bond acceptors (Lipinski definition) is 2. The first-order valence-corrected chi connectivity index (χ1v) is 6.76. The van der Waals surface area contributed by atoms with E-state index in [4.69, 9.17) is 17.0 Å². The highest BCUT2D eigenvalue weighted by atomic mass is 32.1. The largest absolute Gasteiger partial charge is 0.491 e. The lowest BCUT2D eigenvalue weighted by atomic mass is 10.2. The Morgan fingerprint density at radius 3 is 2.67 bits per heavy atom. The Kier molecular flexibility index (Phi) is 5.92. The normalized spacial score (nSPS) is 12.1. The standard InChI is InChI=1S/C14H22N2OS/c1-5-11(4)15-14(18)16-12-7-6-8-13(9-12)17-10(2)3/h6-11H,5H2,1-4H3,(H2,15,16,18). The summed E-state index contributed by atoms with van der Waals surface area (Å²) in [5.74, 6) is 0.848. The third-order valence-corrected chi connectivity index (χ3v) is 2.67. The topological polar surface area (TPSA) is 33.3 Å². The second kappa shape index (κ2) is 7.21. The summed E-state index contributed by atoms with van der Waals surface area (Å²) in [5.41, 5.74) is 0.939. The van der Waals surface area contributed by atoms with Gasteiger partial charge in [-0.25, -0.2) is 0 Å². The summed E-state index contributed by atoms with van der Waals surface area (Å²) in [4.78, 5) is 0. The summed E-state index contributed by atoms with van der Waals surface area (Å²) >= 11 is 5.25. The molecule has 3 nitrogen and oxygen atoms in total. The number of anilines is 1. The van der Waals surface area contributed by atoms with Crippen molar-refractivity contribution < 1.29 is 4.74 Å². The highest BCUT2D eigenvalue weighted by Gasteiger charge is 2.03. The van der Waals surface area contributed by atoms with Crippen LogP contribution in [0.25, 0.3) is 0 Å². The molecule has 0 aromatic heterocycles. The molecule has 4 heteroatoms. The predicted molar refractivity (Wildman–Crippen MR) is 81.3 cm³/mol. The Morgan fingerprint density at radius 2 is 2.06 bits per heavy atom. The van der Waals surface area contributed by atoms with Crippen LogP contribution in [0.4, 0.5) is 5.69 Å². The smallest absolute Gasteiger partial charge is 0.170 e. The molecule has 1 aromatic carbocycles. The molecule has 0 bridgehead atoms. The molecule has 100 valence electrons. The van der Waals surface area contributed by atoms with Crippen LogP contribution in [0.2, 0.25) is 0 Å². The van der Waals surface area contributed by atoms with Crippen molar-refractivity contribution in [1.82, 2.24) is 5.32 Å². The molecule has 0 aliphatic carbocycles. The van der Waals surface area contributed by atoms with Gasteiger partial charge in [0, 0.05) is 17.8 Å². The number of rotatable bonds is 5. The van der Waals surface area contributed by atoms with E-state index in [0.29, 0.717) is 11.2 Å². The van der Waals surface area contributed by atoms with E-state index in [1.165, 1.54) is 0 Å². The van der Waals surface area contributed by atoms with E-state index in [9.17, 15) is 0 Å². The minimum atomic E-state index is 0.172. The van der Waals surface area contributed by atoms with Crippen molar-refractivity contribution in [3.8, 4) is 5.75 Å². The van der Waals surface area contributed by atoms with Crippen molar-refractivity contribution in [1.29, 1.82) is 0 Å². The van der Waals surface area contributed by atoms with Crippen LogP contribution >= 0.6 is 12.2 Å². The van der Waals surface area contributed by atoms with E-state index in [1.807, 2.05) is 38.1 Å². The molecule has 1 aromatic rings. The maximum absolute atomic E-state index is 5.63. The fraction of sp³-hybridized carbons (Fsp3) is 0.500. The minimum absolute atomic E-state index is 0.172. The van der Waals surface area contributed by atoms with Crippen molar-refractivity contribution >= 4 is 23.0 Å². The summed E-state index contributed by atoms with van der Waals surface area (Å²) in [5, 5.41) is 7.02. The highest BCUT2D eigenvalue weighted by Crippen LogP contribution is 2.18. The Balaban J connectivity index is 2.59. The van der Waals surface area contributed by atoms with Gasteiger partial charge >= 0.3 is 0 Å². The van der Waals surface area contributed by atoms with Gasteiger partial charge in [0.05, 0.1) is 6.10 Å². The van der Waals surface area contributed by atoms with Crippen LogP contribution in [0.5, 0.6) is 5.75 Å². The first-order chi connectivity index (χ1) is 8.51. The van der Waals surface area contributed by atoms with Gasteiger partial charge in [-0.15, -0.1) is 0 Å². The van der Waals surface area contributed by atoms with Crippen LogP contribution in [0.1, 0.15) is 34.1 Å². The molecule has 0 aliphatic rings. The molecule has 0 spiro atoms. The van der Waals surface area contributed by atoms with Crippen LogP contribution in [0.3, 0.4) is 0 Å². The van der Waals surface area contributed by atoms with Crippen molar-refractivity contribution in [3.05, 3.63) is 24.3 Å². The Labute approximate surface area is 115 Å². The molecule has 0 radical (unpaired) electrons. The molecule has 0 heterocycles. The van der Waals surface area contributed by atoms with E-state index in [0.717, 1.165) is 17.9 Å². The van der Waals surface area contributed by atoms with Gasteiger partial charge in [0.1, 0.15) is 5.75 Å². The van der Waals surface area contributed by atoms with E-state index < -0.39 is 0 Å². The summed E-state index contributed by atoms with van der Waals surface area (Å²) in [6.07, 6.45) is 1.21. The summed E-state index contributed by atoms with van der Waals surface area (Å²) < 4.78 is 5.63. The summed E-state index contributed by atoms with van der Waals surface area (Å²) in [6.45, 7) is 8.24. The maximum atomic E-state index is 5.63. The van der Waals surface area contributed by atoms with E-state index in [-0.39, 0.29) is 6.10 Å². The van der Waals surface area contributed by atoms with E-state index >= 15 is 0 Å². The molecular weight excluding hydrogens is 244 g/mol. The van der Waals surface area contributed by atoms with Gasteiger partial charge in [-0.3, -0.25) is 0 Å². The minimum Gasteiger partial charge on any atom is -0.491 e. The van der Waals surface area contributed by atoms with Crippen LogP contribution in [0, 0.1) is 0 Å². The predicted octanol–water partition coefficient (Wildman–Crippen LogP) is 3.56. The number of thiocarbonyl (C=S) groups is 1. The zero-order chi connectivity index (χ0) is 13.5. The zero-order valence-electron chi connectivity index (χ0n) is 11.5. The first kappa shape index (κ1) is 14.8. The van der Waals surface area contributed by atoms with Crippen molar-refractivity contribution in [2.45, 2.75) is 46.3 Å². The lowest BCUT2D eigenvalue weighted by Crippen LogP contribution is -2.35. The maximum Gasteiger partial charge on any atom is 0.170 e. The highest BCUT2D eigenvalue weighted by molar-refractivity contribution is 7.80. The number of nitrogens with one attached hydrogen (secondary N) is 2. The third kappa shape index (κ3) is 5.36.